The van der Waals surface area contributed by atoms with Gasteiger partial charge >= 0.3 is 5.97 Å². The molecular weight excluding hydrogens is 272 g/mol. The summed E-state index contributed by atoms with van der Waals surface area (Å²) in [5, 5.41) is 25.2. The van der Waals surface area contributed by atoms with Crippen LogP contribution < -0.4 is 10.6 Å². The van der Waals surface area contributed by atoms with Gasteiger partial charge in [-0.15, -0.1) is 0 Å². The average molecular weight is 300 g/mol. The van der Waals surface area contributed by atoms with Gasteiger partial charge in [0.05, 0.1) is 11.5 Å². The van der Waals surface area contributed by atoms with E-state index in [9.17, 15) is 14.7 Å². The van der Waals surface area contributed by atoms with E-state index in [1.54, 1.807) is 0 Å². The lowest BCUT2D eigenvalue weighted by molar-refractivity contribution is -0.144. The summed E-state index contributed by atoms with van der Waals surface area (Å²) in [6.45, 7) is 5.70. The Morgan fingerprint density at radius 1 is 1.29 bits per heavy atom. The van der Waals surface area contributed by atoms with Gasteiger partial charge in [-0.2, -0.15) is 0 Å². The number of carboxylic acid groups (broad SMARTS) is 1. The fraction of sp³-hybridized carbons (Fsp3) is 0.867. The van der Waals surface area contributed by atoms with Gasteiger partial charge in [0.1, 0.15) is 0 Å². The molecule has 21 heavy (non-hydrogen) atoms. The smallest absolute Gasteiger partial charge is 0.306 e. The number of carbonyl (C=O) groups excluding carboxylic acids is 1. The summed E-state index contributed by atoms with van der Waals surface area (Å²) in [6, 6.07) is 0. The summed E-state index contributed by atoms with van der Waals surface area (Å²) < 4.78 is 0. The minimum absolute atomic E-state index is 0.0118. The average Bonchev–Trinajstić information content (AvgIpc) is 2.42. The molecule has 0 saturated heterocycles. The largest absolute Gasteiger partial charge is 0.481 e. The summed E-state index contributed by atoms with van der Waals surface area (Å²) in [5.41, 5.74) is -0.833. The van der Waals surface area contributed by atoms with Crippen molar-refractivity contribution in [2.75, 3.05) is 19.6 Å². The van der Waals surface area contributed by atoms with Crippen LogP contribution in [-0.4, -0.2) is 47.3 Å². The second kappa shape index (κ2) is 8.34. The first-order chi connectivity index (χ1) is 9.82. The van der Waals surface area contributed by atoms with Crippen LogP contribution in [0.4, 0.5) is 0 Å². The predicted octanol–water partition coefficient (Wildman–Crippen LogP) is 0.744. The van der Waals surface area contributed by atoms with Crippen molar-refractivity contribution in [2.45, 2.75) is 51.6 Å². The molecule has 1 fully saturated rings. The zero-order valence-electron chi connectivity index (χ0n) is 13.0. The molecule has 1 aliphatic rings. The highest BCUT2D eigenvalue weighted by Crippen LogP contribution is 2.31. The fourth-order valence-electron chi connectivity index (χ4n) is 2.51. The van der Waals surface area contributed by atoms with Gasteiger partial charge in [0.25, 0.3) is 0 Å². The number of amides is 1. The van der Waals surface area contributed by atoms with Crippen molar-refractivity contribution in [3.8, 4) is 0 Å². The Kier molecular flexibility index (Phi) is 7.11. The van der Waals surface area contributed by atoms with Crippen LogP contribution in [0, 0.1) is 11.8 Å². The van der Waals surface area contributed by atoms with E-state index in [1.807, 2.05) is 13.8 Å². The van der Waals surface area contributed by atoms with Gasteiger partial charge in [-0.3, -0.25) is 9.59 Å². The standard InChI is InChI=1S/C15H28N2O4/c1-11(2)9-17-13(18)5-8-16-10-15(21)6-3-12(4-7-15)14(19)20/h11-12,16,21H,3-10H2,1-2H3,(H,17,18)(H,19,20). The lowest BCUT2D eigenvalue weighted by Gasteiger charge is -2.34. The van der Waals surface area contributed by atoms with Gasteiger partial charge < -0.3 is 20.8 Å². The molecule has 0 atom stereocenters. The molecule has 0 bridgehead atoms. The van der Waals surface area contributed by atoms with Gasteiger partial charge in [-0.05, 0) is 31.6 Å². The molecule has 0 aliphatic heterocycles. The van der Waals surface area contributed by atoms with E-state index in [2.05, 4.69) is 10.6 Å². The van der Waals surface area contributed by atoms with Crippen molar-refractivity contribution in [1.82, 2.24) is 10.6 Å². The van der Waals surface area contributed by atoms with Crippen molar-refractivity contribution in [3.05, 3.63) is 0 Å². The van der Waals surface area contributed by atoms with E-state index in [4.69, 9.17) is 5.11 Å². The summed E-state index contributed by atoms with van der Waals surface area (Å²) >= 11 is 0. The van der Waals surface area contributed by atoms with E-state index >= 15 is 0 Å². The van der Waals surface area contributed by atoms with Crippen LogP contribution in [0.25, 0.3) is 0 Å². The maximum absolute atomic E-state index is 11.5. The Bertz CT molecular complexity index is 350. The van der Waals surface area contributed by atoms with Crippen LogP contribution in [0.1, 0.15) is 46.0 Å². The Morgan fingerprint density at radius 2 is 1.90 bits per heavy atom. The normalized spacial score (nSPS) is 25.8. The predicted molar refractivity (Wildman–Crippen MR) is 79.9 cm³/mol. The molecule has 0 aromatic heterocycles. The molecule has 0 aromatic rings. The summed E-state index contributed by atoms with van der Waals surface area (Å²) in [7, 11) is 0. The van der Waals surface area contributed by atoms with Gasteiger partial charge in [-0.25, -0.2) is 0 Å². The number of hydrogen-bond donors (Lipinski definition) is 4. The molecule has 0 heterocycles. The molecule has 4 N–H and O–H groups in total. The molecule has 1 amide bonds. The van der Waals surface area contributed by atoms with Gasteiger partial charge in [0.2, 0.25) is 5.91 Å². The van der Waals surface area contributed by atoms with Crippen LogP contribution in [0.3, 0.4) is 0 Å². The Morgan fingerprint density at radius 3 is 2.43 bits per heavy atom. The number of carbonyl (C=O) groups is 2. The summed E-state index contributed by atoms with van der Waals surface area (Å²) in [4.78, 5) is 22.4. The number of aliphatic hydroxyl groups is 1. The number of nitrogens with one attached hydrogen (secondary N) is 2. The molecule has 0 aromatic carbocycles. The first-order valence-corrected chi connectivity index (χ1v) is 7.75. The molecule has 6 nitrogen and oxygen atoms in total. The Labute approximate surface area is 126 Å². The van der Waals surface area contributed by atoms with E-state index < -0.39 is 11.6 Å². The van der Waals surface area contributed by atoms with Gasteiger partial charge in [0, 0.05) is 26.1 Å². The third-order valence-corrected chi connectivity index (χ3v) is 3.96. The Balaban J connectivity index is 2.15. The number of aliphatic carboxylic acids is 1. The van der Waals surface area contributed by atoms with Crippen LogP contribution in [0.2, 0.25) is 0 Å². The van der Waals surface area contributed by atoms with Crippen LogP contribution in [0.15, 0.2) is 0 Å². The van der Waals surface area contributed by atoms with Gasteiger partial charge in [0.15, 0.2) is 0 Å². The SMILES string of the molecule is CC(C)CNC(=O)CCNCC1(O)CCC(C(=O)O)CC1. The van der Waals surface area contributed by atoms with E-state index in [-0.39, 0.29) is 11.8 Å². The monoisotopic (exact) mass is 300 g/mol. The van der Waals surface area contributed by atoms with Crippen molar-refractivity contribution in [1.29, 1.82) is 0 Å². The quantitative estimate of drug-likeness (QED) is 0.496. The topological polar surface area (TPSA) is 98.7 Å². The lowest BCUT2D eigenvalue weighted by Crippen LogP contribution is -2.45. The van der Waals surface area contributed by atoms with Gasteiger partial charge in [-0.1, -0.05) is 13.8 Å². The van der Waals surface area contributed by atoms with E-state index in [0.29, 0.717) is 57.7 Å². The van der Waals surface area contributed by atoms with E-state index in [1.165, 1.54) is 0 Å². The van der Waals surface area contributed by atoms with Crippen LogP contribution in [0.5, 0.6) is 0 Å². The van der Waals surface area contributed by atoms with Crippen molar-refractivity contribution in [2.24, 2.45) is 11.8 Å². The van der Waals surface area contributed by atoms with Crippen molar-refractivity contribution >= 4 is 11.9 Å². The van der Waals surface area contributed by atoms with Crippen LogP contribution >= 0.6 is 0 Å². The second-order valence-electron chi connectivity index (χ2n) is 6.46. The lowest BCUT2D eigenvalue weighted by atomic mass is 9.79. The summed E-state index contributed by atoms with van der Waals surface area (Å²) in [5.74, 6) is -0.649. The minimum atomic E-state index is -0.833. The molecular formula is C15H28N2O4. The highest BCUT2D eigenvalue weighted by molar-refractivity contribution is 5.76. The molecule has 122 valence electrons. The van der Waals surface area contributed by atoms with Crippen LogP contribution in [-0.2, 0) is 9.59 Å². The van der Waals surface area contributed by atoms with Crippen molar-refractivity contribution < 1.29 is 19.8 Å². The Hall–Kier alpha value is -1.14. The molecule has 0 spiro atoms. The number of rotatable bonds is 8. The zero-order chi connectivity index (χ0) is 15.9. The zero-order valence-corrected chi connectivity index (χ0v) is 13.0. The first-order valence-electron chi connectivity index (χ1n) is 7.75. The third kappa shape index (κ3) is 6.91. The molecule has 0 unspecified atom stereocenters. The van der Waals surface area contributed by atoms with Crippen molar-refractivity contribution in [3.63, 3.8) is 0 Å². The fourth-order valence-corrected chi connectivity index (χ4v) is 2.51. The minimum Gasteiger partial charge on any atom is -0.481 e. The first kappa shape index (κ1) is 17.9. The molecule has 1 rings (SSSR count). The highest BCUT2D eigenvalue weighted by Gasteiger charge is 2.35. The maximum Gasteiger partial charge on any atom is 0.306 e. The highest BCUT2D eigenvalue weighted by atomic mass is 16.4. The molecule has 1 saturated carbocycles. The molecule has 6 heteroatoms. The number of carboxylic acids is 1. The second-order valence-corrected chi connectivity index (χ2v) is 6.46. The molecule has 0 radical (unpaired) electrons. The summed E-state index contributed by atoms with van der Waals surface area (Å²) in [6.07, 6.45) is 2.42. The maximum atomic E-state index is 11.5. The number of hydrogen-bond acceptors (Lipinski definition) is 4. The third-order valence-electron chi connectivity index (χ3n) is 3.96. The molecule has 1 aliphatic carbocycles. The van der Waals surface area contributed by atoms with E-state index in [0.717, 1.165) is 0 Å².